The lowest BCUT2D eigenvalue weighted by Crippen LogP contribution is -2.49. The van der Waals surface area contributed by atoms with Gasteiger partial charge in [0.15, 0.2) is 0 Å². The number of hydrogen-bond donors (Lipinski definition) is 1. The summed E-state index contributed by atoms with van der Waals surface area (Å²) in [5.41, 5.74) is 6.35. The van der Waals surface area contributed by atoms with Crippen molar-refractivity contribution in [2.45, 2.75) is 39.2 Å². The number of thiocarbonyl (C=S) groups is 1. The molecule has 1 fully saturated rings. The first-order chi connectivity index (χ1) is 8.50. The minimum absolute atomic E-state index is 0.0261. The maximum absolute atomic E-state index is 12.5. The Morgan fingerprint density at radius 3 is 2.78 bits per heavy atom. The average Bonchev–Trinajstić information content (AvgIpc) is 2.67. The predicted octanol–water partition coefficient (Wildman–Crippen LogP) is 2.18. The van der Waals surface area contributed by atoms with Gasteiger partial charge in [-0.15, -0.1) is 0 Å². The highest BCUT2D eigenvalue weighted by Crippen LogP contribution is 2.23. The quantitative estimate of drug-likeness (QED) is 0.833. The summed E-state index contributed by atoms with van der Waals surface area (Å²) in [6.07, 6.45) is 2.92. The van der Waals surface area contributed by atoms with E-state index in [1.165, 1.54) is 0 Å². The summed E-state index contributed by atoms with van der Waals surface area (Å²) < 4.78 is 5.41. The summed E-state index contributed by atoms with van der Waals surface area (Å²) in [5.74, 6) is 1.38. The fourth-order valence-electron chi connectivity index (χ4n) is 2.47. The van der Waals surface area contributed by atoms with E-state index in [9.17, 15) is 4.79 Å². The van der Waals surface area contributed by atoms with Crippen molar-refractivity contribution < 1.29 is 9.21 Å². The molecule has 1 aliphatic heterocycles. The zero-order chi connectivity index (χ0) is 13.3. The molecule has 1 atom stereocenters. The van der Waals surface area contributed by atoms with Crippen molar-refractivity contribution >= 4 is 23.1 Å². The van der Waals surface area contributed by atoms with Gasteiger partial charge in [-0.2, -0.15) is 0 Å². The van der Waals surface area contributed by atoms with E-state index in [4.69, 9.17) is 22.4 Å². The highest BCUT2D eigenvalue weighted by atomic mass is 32.1. The van der Waals surface area contributed by atoms with Crippen molar-refractivity contribution in [1.29, 1.82) is 0 Å². The van der Waals surface area contributed by atoms with Gasteiger partial charge >= 0.3 is 0 Å². The molecule has 1 aromatic rings. The summed E-state index contributed by atoms with van der Waals surface area (Å²) in [4.78, 5) is 14.7. The van der Waals surface area contributed by atoms with Crippen molar-refractivity contribution in [3.05, 3.63) is 23.2 Å². The van der Waals surface area contributed by atoms with E-state index in [-0.39, 0.29) is 11.9 Å². The Balaban J connectivity index is 2.26. The first kappa shape index (κ1) is 13.1. The van der Waals surface area contributed by atoms with Crippen LogP contribution in [-0.2, 0) is 0 Å². The van der Waals surface area contributed by atoms with Gasteiger partial charge in [0, 0.05) is 6.54 Å². The van der Waals surface area contributed by atoms with Crippen molar-refractivity contribution in [2.75, 3.05) is 6.54 Å². The highest BCUT2D eigenvalue weighted by molar-refractivity contribution is 7.80. The lowest BCUT2D eigenvalue weighted by Gasteiger charge is -2.34. The number of rotatable bonds is 2. The Morgan fingerprint density at radius 1 is 1.50 bits per heavy atom. The van der Waals surface area contributed by atoms with Gasteiger partial charge in [0.25, 0.3) is 5.91 Å². The normalized spacial score (nSPS) is 19.9. The van der Waals surface area contributed by atoms with Crippen molar-refractivity contribution in [2.24, 2.45) is 5.73 Å². The van der Waals surface area contributed by atoms with Gasteiger partial charge in [-0.1, -0.05) is 12.2 Å². The van der Waals surface area contributed by atoms with Crippen molar-refractivity contribution in [1.82, 2.24) is 4.90 Å². The van der Waals surface area contributed by atoms with E-state index in [2.05, 4.69) is 0 Å². The van der Waals surface area contributed by atoms with Gasteiger partial charge in [0.2, 0.25) is 0 Å². The lowest BCUT2D eigenvalue weighted by molar-refractivity contribution is 0.0679. The molecular formula is C13H18N2O2S. The molecule has 2 heterocycles. The first-order valence-electron chi connectivity index (χ1n) is 6.18. The van der Waals surface area contributed by atoms with Crippen LogP contribution in [0, 0.1) is 13.8 Å². The summed E-state index contributed by atoms with van der Waals surface area (Å²) in [7, 11) is 0. The van der Waals surface area contributed by atoms with Crippen LogP contribution in [0.1, 0.15) is 41.1 Å². The van der Waals surface area contributed by atoms with Gasteiger partial charge in [-0.05, 0) is 39.2 Å². The molecule has 0 saturated carbocycles. The van der Waals surface area contributed by atoms with E-state index in [0.717, 1.165) is 25.0 Å². The second-order valence-electron chi connectivity index (χ2n) is 4.74. The molecule has 1 unspecified atom stereocenters. The molecular weight excluding hydrogens is 248 g/mol. The molecule has 0 aliphatic carbocycles. The number of amides is 1. The Bertz CT molecular complexity index is 481. The molecule has 5 heteroatoms. The largest absolute Gasteiger partial charge is 0.466 e. The molecule has 1 amide bonds. The third-order valence-electron chi connectivity index (χ3n) is 3.36. The van der Waals surface area contributed by atoms with Crippen LogP contribution in [0.5, 0.6) is 0 Å². The van der Waals surface area contributed by atoms with Crippen molar-refractivity contribution in [3.8, 4) is 0 Å². The second-order valence-corrected chi connectivity index (χ2v) is 5.21. The standard InChI is InChI=1S/C13H18N2O2S/c1-8-7-10(9(2)17-8)13(16)15-6-4-3-5-11(15)12(14)18/h7,11H,3-6H2,1-2H3,(H2,14,18). The summed E-state index contributed by atoms with van der Waals surface area (Å²) in [5, 5.41) is 0. The van der Waals surface area contributed by atoms with Crippen LogP contribution in [0.4, 0.5) is 0 Å². The fourth-order valence-corrected chi connectivity index (χ4v) is 2.71. The van der Waals surface area contributed by atoms with E-state index in [1.807, 2.05) is 6.92 Å². The minimum atomic E-state index is -0.115. The molecule has 1 aromatic heterocycles. The molecule has 98 valence electrons. The Morgan fingerprint density at radius 2 is 2.22 bits per heavy atom. The summed E-state index contributed by atoms with van der Waals surface area (Å²) in [6, 6.07) is 1.67. The SMILES string of the molecule is Cc1cc(C(=O)N2CCCCC2C(N)=S)c(C)o1. The smallest absolute Gasteiger partial charge is 0.257 e. The van der Waals surface area contributed by atoms with Crippen LogP contribution in [0.2, 0.25) is 0 Å². The molecule has 0 spiro atoms. The number of hydrogen-bond acceptors (Lipinski definition) is 3. The van der Waals surface area contributed by atoms with Gasteiger partial charge in [0.05, 0.1) is 16.6 Å². The predicted molar refractivity (Wildman–Crippen MR) is 73.6 cm³/mol. The summed E-state index contributed by atoms with van der Waals surface area (Å²) in [6.45, 7) is 4.36. The number of nitrogens with zero attached hydrogens (tertiary/aromatic N) is 1. The average molecular weight is 266 g/mol. The van der Waals surface area contributed by atoms with E-state index >= 15 is 0 Å². The number of carbonyl (C=O) groups is 1. The highest BCUT2D eigenvalue weighted by Gasteiger charge is 2.30. The van der Waals surface area contributed by atoms with Crippen LogP contribution in [0.25, 0.3) is 0 Å². The molecule has 0 aromatic carbocycles. The van der Waals surface area contributed by atoms with Crippen LogP contribution >= 0.6 is 12.2 Å². The maximum atomic E-state index is 12.5. The number of furan rings is 1. The third kappa shape index (κ3) is 2.41. The van der Waals surface area contributed by atoms with Gasteiger partial charge in [-0.3, -0.25) is 4.79 Å². The Hall–Kier alpha value is -1.36. The molecule has 0 bridgehead atoms. The number of aryl methyl sites for hydroxylation is 2. The van der Waals surface area contributed by atoms with Crippen LogP contribution in [0.15, 0.2) is 10.5 Å². The topological polar surface area (TPSA) is 59.5 Å². The van der Waals surface area contributed by atoms with Gasteiger partial charge in [0.1, 0.15) is 11.5 Å². The number of likely N-dealkylation sites (tertiary alicyclic amines) is 1. The van der Waals surface area contributed by atoms with Gasteiger partial charge in [-0.25, -0.2) is 0 Å². The monoisotopic (exact) mass is 266 g/mol. The second kappa shape index (κ2) is 5.10. The molecule has 4 nitrogen and oxygen atoms in total. The molecule has 2 rings (SSSR count). The van der Waals surface area contributed by atoms with Crippen LogP contribution in [0.3, 0.4) is 0 Å². The number of nitrogens with two attached hydrogens (primary N) is 1. The molecule has 2 N–H and O–H groups in total. The number of piperidine rings is 1. The Labute approximate surface area is 112 Å². The van der Waals surface area contributed by atoms with E-state index < -0.39 is 0 Å². The van der Waals surface area contributed by atoms with Crippen molar-refractivity contribution in [3.63, 3.8) is 0 Å². The summed E-state index contributed by atoms with van der Waals surface area (Å²) >= 11 is 5.06. The Kier molecular flexibility index (Phi) is 3.71. The zero-order valence-electron chi connectivity index (χ0n) is 10.7. The van der Waals surface area contributed by atoms with E-state index in [0.29, 0.717) is 22.9 Å². The number of carbonyl (C=O) groups excluding carboxylic acids is 1. The first-order valence-corrected chi connectivity index (χ1v) is 6.59. The molecule has 1 aliphatic rings. The van der Waals surface area contributed by atoms with Crippen LogP contribution < -0.4 is 5.73 Å². The zero-order valence-corrected chi connectivity index (χ0v) is 11.5. The molecule has 1 saturated heterocycles. The molecule has 18 heavy (non-hydrogen) atoms. The maximum Gasteiger partial charge on any atom is 0.257 e. The fraction of sp³-hybridized carbons (Fsp3) is 0.538. The van der Waals surface area contributed by atoms with E-state index in [1.54, 1.807) is 17.9 Å². The third-order valence-corrected chi connectivity index (χ3v) is 3.64. The molecule has 0 radical (unpaired) electrons. The van der Waals surface area contributed by atoms with Gasteiger partial charge < -0.3 is 15.1 Å². The minimum Gasteiger partial charge on any atom is -0.466 e. The van der Waals surface area contributed by atoms with Crippen LogP contribution in [-0.4, -0.2) is 28.4 Å². The lowest BCUT2D eigenvalue weighted by atomic mass is 10.0.